The highest BCUT2D eigenvalue weighted by Gasteiger charge is 2.26. The lowest BCUT2D eigenvalue weighted by Gasteiger charge is -2.34. The fourth-order valence-corrected chi connectivity index (χ4v) is 2.51. The number of rotatable bonds is 3. The number of nitrogens with zero attached hydrogens (tertiary/aromatic N) is 2. The minimum atomic E-state index is -0.360. The molecule has 0 saturated carbocycles. The van der Waals surface area contributed by atoms with Crippen LogP contribution in [0.4, 0.5) is 5.82 Å². The van der Waals surface area contributed by atoms with Crippen LogP contribution in [0.1, 0.15) is 30.1 Å². The Balaban J connectivity index is 2.13. The molecule has 0 spiro atoms. The van der Waals surface area contributed by atoms with Crippen LogP contribution < -0.4 is 4.90 Å². The summed E-state index contributed by atoms with van der Waals surface area (Å²) in [6.45, 7) is 3.44. The summed E-state index contributed by atoms with van der Waals surface area (Å²) < 4.78 is 4.78. The van der Waals surface area contributed by atoms with Crippen LogP contribution in [0.25, 0.3) is 0 Å². The molecule has 2 heterocycles. The number of esters is 1. The Labute approximate surface area is 113 Å². The second-order valence-electron chi connectivity index (χ2n) is 4.93. The van der Waals surface area contributed by atoms with Gasteiger partial charge in [0.25, 0.3) is 0 Å². The molecule has 2 rings (SSSR count). The minimum Gasteiger partial charge on any atom is -0.465 e. The van der Waals surface area contributed by atoms with Gasteiger partial charge in [0.15, 0.2) is 0 Å². The Morgan fingerprint density at radius 3 is 2.79 bits per heavy atom. The lowest BCUT2D eigenvalue weighted by molar-refractivity contribution is 0.0600. The zero-order valence-electron chi connectivity index (χ0n) is 11.4. The van der Waals surface area contributed by atoms with Crippen molar-refractivity contribution in [3.05, 3.63) is 23.9 Å². The molecule has 1 aromatic heterocycles. The number of piperidine rings is 1. The summed E-state index contributed by atoms with van der Waals surface area (Å²) in [6, 6.07) is 3.47. The van der Waals surface area contributed by atoms with Crippen molar-refractivity contribution in [3.8, 4) is 0 Å². The van der Waals surface area contributed by atoms with Gasteiger partial charge in [-0.15, -0.1) is 0 Å². The van der Waals surface area contributed by atoms with E-state index < -0.39 is 0 Å². The van der Waals surface area contributed by atoms with Gasteiger partial charge in [-0.25, -0.2) is 9.78 Å². The van der Waals surface area contributed by atoms with Gasteiger partial charge in [-0.3, -0.25) is 0 Å². The van der Waals surface area contributed by atoms with Gasteiger partial charge in [-0.2, -0.15) is 0 Å². The molecule has 1 aliphatic rings. The van der Waals surface area contributed by atoms with Crippen LogP contribution in [0.3, 0.4) is 0 Å². The lowest BCUT2D eigenvalue weighted by atomic mass is 9.92. The van der Waals surface area contributed by atoms with Gasteiger partial charge in [-0.1, -0.05) is 0 Å². The molecule has 104 valence electrons. The quantitative estimate of drug-likeness (QED) is 0.838. The molecular weight excluding hydrogens is 244 g/mol. The van der Waals surface area contributed by atoms with Crippen LogP contribution in [0, 0.1) is 5.92 Å². The largest absolute Gasteiger partial charge is 0.465 e. The number of anilines is 1. The van der Waals surface area contributed by atoms with Crippen LogP contribution >= 0.6 is 0 Å². The Kier molecular flexibility index (Phi) is 4.37. The van der Waals surface area contributed by atoms with Crippen molar-refractivity contribution < 1.29 is 14.6 Å². The maximum absolute atomic E-state index is 11.7. The molecule has 19 heavy (non-hydrogen) atoms. The number of pyridine rings is 1. The van der Waals surface area contributed by atoms with E-state index in [0.29, 0.717) is 17.3 Å². The highest BCUT2D eigenvalue weighted by molar-refractivity contribution is 5.94. The number of carbonyl (C=O) groups is 1. The Morgan fingerprint density at radius 1 is 1.53 bits per heavy atom. The topological polar surface area (TPSA) is 62.7 Å². The first-order chi connectivity index (χ1) is 9.13. The Bertz CT molecular complexity index is 440. The van der Waals surface area contributed by atoms with Crippen LogP contribution in [-0.4, -0.2) is 42.4 Å². The van der Waals surface area contributed by atoms with Gasteiger partial charge in [-0.05, 0) is 37.8 Å². The highest BCUT2D eigenvalue weighted by atomic mass is 16.5. The van der Waals surface area contributed by atoms with Crippen LogP contribution in [-0.2, 0) is 4.74 Å². The van der Waals surface area contributed by atoms with Crippen molar-refractivity contribution in [1.29, 1.82) is 0 Å². The summed E-state index contributed by atoms with van der Waals surface area (Å²) in [7, 11) is 1.37. The molecule has 0 radical (unpaired) electrons. The van der Waals surface area contributed by atoms with Crippen molar-refractivity contribution in [3.63, 3.8) is 0 Å². The SMILES string of the molecule is COC(=O)c1cccnc1N1CCC(C(C)O)CC1. The van der Waals surface area contributed by atoms with Crippen molar-refractivity contribution in [2.24, 2.45) is 5.92 Å². The summed E-state index contributed by atoms with van der Waals surface area (Å²) in [5.41, 5.74) is 0.500. The van der Waals surface area contributed by atoms with Crippen molar-refractivity contribution in [1.82, 2.24) is 4.98 Å². The van der Waals surface area contributed by atoms with Gasteiger partial charge in [0.1, 0.15) is 11.4 Å². The number of carbonyl (C=O) groups excluding carboxylic acids is 1. The summed E-state index contributed by atoms with van der Waals surface area (Å²) in [6.07, 6.45) is 3.23. The lowest BCUT2D eigenvalue weighted by Crippen LogP contribution is -2.38. The van der Waals surface area contributed by atoms with E-state index in [4.69, 9.17) is 4.74 Å². The summed E-state index contributed by atoms with van der Waals surface area (Å²) >= 11 is 0. The third kappa shape index (κ3) is 3.04. The molecule has 1 saturated heterocycles. The smallest absolute Gasteiger partial charge is 0.341 e. The van der Waals surface area contributed by atoms with E-state index in [1.807, 2.05) is 6.92 Å². The van der Waals surface area contributed by atoms with E-state index in [1.54, 1.807) is 18.3 Å². The maximum Gasteiger partial charge on any atom is 0.341 e. The molecule has 1 unspecified atom stereocenters. The van der Waals surface area contributed by atoms with E-state index in [-0.39, 0.29) is 12.1 Å². The zero-order valence-corrected chi connectivity index (χ0v) is 11.4. The van der Waals surface area contributed by atoms with E-state index in [1.165, 1.54) is 7.11 Å². The number of hydrogen-bond donors (Lipinski definition) is 1. The molecule has 1 atom stereocenters. The molecular formula is C14H20N2O3. The van der Waals surface area contributed by atoms with Gasteiger partial charge in [0, 0.05) is 19.3 Å². The van der Waals surface area contributed by atoms with Crippen molar-refractivity contribution in [2.75, 3.05) is 25.1 Å². The minimum absolute atomic E-state index is 0.272. The Hall–Kier alpha value is -1.62. The van der Waals surface area contributed by atoms with E-state index in [0.717, 1.165) is 25.9 Å². The standard InChI is InChI=1S/C14H20N2O3/c1-10(17)11-5-8-16(9-6-11)13-12(14(18)19-2)4-3-7-15-13/h3-4,7,10-11,17H,5-6,8-9H2,1-2H3. The summed E-state index contributed by atoms with van der Waals surface area (Å²) in [4.78, 5) is 18.1. The molecule has 0 aromatic carbocycles. The van der Waals surface area contributed by atoms with Gasteiger partial charge < -0.3 is 14.7 Å². The third-order valence-corrected chi connectivity index (χ3v) is 3.71. The fourth-order valence-electron chi connectivity index (χ4n) is 2.51. The predicted molar refractivity (Wildman–Crippen MR) is 72.2 cm³/mol. The third-order valence-electron chi connectivity index (χ3n) is 3.71. The summed E-state index contributed by atoms with van der Waals surface area (Å²) in [5.74, 6) is 0.653. The predicted octanol–water partition coefficient (Wildman–Crippen LogP) is 1.47. The number of aromatic nitrogens is 1. The summed E-state index contributed by atoms with van der Waals surface area (Å²) in [5, 5.41) is 9.61. The molecule has 5 heteroatoms. The van der Waals surface area contributed by atoms with Crippen molar-refractivity contribution >= 4 is 11.8 Å². The second-order valence-corrected chi connectivity index (χ2v) is 4.93. The molecule has 1 aliphatic heterocycles. The molecule has 1 N–H and O–H groups in total. The molecule has 0 amide bonds. The van der Waals surface area contributed by atoms with E-state index in [2.05, 4.69) is 9.88 Å². The Morgan fingerprint density at radius 2 is 2.21 bits per heavy atom. The molecule has 5 nitrogen and oxygen atoms in total. The number of aliphatic hydroxyl groups excluding tert-OH is 1. The maximum atomic E-state index is 11.7. The highest BCUT2D eigenvalue weighted by Crippen LogP contribution is 2.26. The van der Waals surface area contributed by atoms with E-state index >= 15 is 0 Å². The fraction of sp³-hybridized carbons (Fsp3) is 0.571. The van der Waals surface area contributed by atoms with Crippen LogP contribution in [0.2, 0.25) is 0 Å². The molecule has 1 aromatic rings. The molecule has 1 fully saturated rings. The second kappa shape index (κ2) is 6.02. The van der Waals surface area contributed by atoms with Crippen molar-refractivity contribution in [2.45, 2.75) is 25.9 Å². The number of methoxy groups -OCH3 is 1. The first-order valence-corrected chi connectivity index (χ1v) is 6.60. The molecule has 0 aliphatic carbocycles. The number of ether oxygens (including phenoxy) is 1. The van der Waals surface area contributed by atoms with Gasteiger partial charge in [0.05, 0.1) is 13.2 Å². The van der Waals surface area contributed by atoms with Crippen LogP contribution in [0.5, 0.6) is 0 Å². The first-order valence-electron chi connectivity index (χ1n) is 6.60. The van der Waals surface area contributed by atoms with Crippen LogP contribution in [0.15, 0.2) is 18.3 Å². The first kappa shape index (κ1) is 13.8. The van der Waals surface area contributed by atoms with Gasteiger partial charge >= 0.3 is 5.97 Å². The van der Waals surface area contributed by atoms with E-state index in [9.17, 15) is 9.90 Å². The normalized spacial score (nSPS) is 18.2. The number of aliphatic hydroxyl groups is 1. The average molecular weight is 264 g/mol. The molecule has 0 bridgehead atoms. The average Bonchev–Trinajstić information content (AvgIpc) is 2.46. The monoisotopic (exact) mass is 264 g/mol. The van der Waals surface area contributed by atoms with Gasteiger partial charge in [0.2, 0.25) is 0 Å². The zero-order chi connectivity index (χ0) is 13.8. The number of hydrogen-bond acceptors (Lipinski definition) is 5.